The third-order valence-electron chi connectivity index (χ3n) is 2.79. The van der Waals surface area contributed by atoms with Crippen LogP contribution in [0.25, 0.3) is 0 Å². The molecule has 0 radical (unpaired) electrons. The third kappa shape index (κ3) is 3.98. The molecule has 0 heterocycles. The Morgan fingerprint density at radius 1 is 1.47 bits per heavy atom. The number of hydrogen-bond acceptors (Lipinski definition) is 3. The average Bonchev–Trinajstić information content (AvgIpc) is 2.31. The summed E-state index contributed by atoms with van der Waals surface area (Å²) in [5, 5.41) is 0. The van der Waals surface area contributed by atoms with Gasteiger partial charge in [0, 0.05) is 8.95 Å². The first-order valence-electron chi connectivity index (χ1n) is 5.41. The molecule has 0 spiro atoms. The number of nitrogens with two attached hydrogens (primary N) is 1. The molecule has 8 heteroatoms. The van der Waals surface area contributed by atoms with Crippen molar-refractivity contribution in [2.75, 3.05) is 0 Å². The fourth-order valence-electron chi connectivity index (χ4n) is 1.33. The smallest absolute Gasteiger partial charge is 0.242 e. The summed E-state index contributed by atoms with van der Waals surface area (Å²) >= 11 is 11.4. The van der Waals surface area contributed by atoms with Crippen molar-refractivity contribution in [3.63, 3.8) is 0 Å². The molecule has 0 aliphatic rings. The molecule has 0 saturated heterocycles. The summed E-state index contributed by atoms with van der Waals surface area (Å²) in [6.45, 7) is 3.48. The van der Waals surface area contributed by atoms with Crippen LogP contribution in [0.2, 0.25) is 0 Å². The molecule has 1 rings (SSSR count). The number of thiocarbonyl (C=S) groups is 1. The largest absolute Gasteiger partial charge is 0.392 e. The molecule has 19 heavy (non-hydrogen) atoms. The summed E-state index contributed by atoms with van der Waals surface area (Å²) in [5.41, 5.74) is 4.67. The molecule has 4 nitrogen and oxygen atoms in total. The number of nitrogens with one attached hydrogen (secondary N) is 1. The van der Waals surface area contributed by atoms with Crippen molar-refractivity contribution in [3.8, 4) is 0 Å². The van der Waals surface area contributed by atoms with Crippen LogP contribution in [0.5, 0.6) is 0 Å². The van der Waals surface area contributed by atoms with E-state index in [0.29, 0.717) is 15.4 Å². The van der Waals surface area contributed by atoms with E-state index >= 15 is 0 Å². The van der Waals surface area contributed by atoms with E-state index in [9.17, 15) is 8.42 Å². The Kier molecular flexibility index (Phi) is 5.53. The third-order valence-corrected chi connectivity index (χ3v) is 6.33. The Bertz CT molecular complexity index is 605. The standard InChI is InChI=1S/C11H14Br2N2O2S2/c1-3-11(2,10(14)18)15-19(16,17)9-6-7(12)4-5-8(9)13/h4-6,15H,3H2,1-2H3,(H2,14,18). The van der Waals surface area contributed by atoms with E-state index in [1.165, 1.54) is 6.07 Å². The highest BCUT2D eigenvalue weighted by molar-refractivity contribution is 9.11. The van der Waals surface area contributed by atoms with Crippen molar-refractivity contribution in [2.24, 2.45) is 5.73 Å². The number of sulfonamides is 1. The van der Waals surface area contributed by atoms with Gasteiger partial charge in [-0.1, -0.05) is 35.1 Å². The minimum atomic E-state index is -3.72. The van der Waals surface area contributed by atoms with E-state index in [2.05, 4.69) is 36.6 Å². The zero-order valence-corrected chi connectivity index (χ0v) is 15.2. The maximum atomic E-state index is 12.4. The zero-order valence-electron chi connectivity index (χ0n) is 10.4. The van der Waals surface area contributed by atoms with Crippen LogP contribution in [0.1, 0.15) is 20.3 Å². The quantitative estimate of drug-likeness (QED) is 0.705. The van der Waals surface area contributed by atoms with Crippen molar-refractivity contribution in [1.29, 1.82) is 0 Å². The Labute approximate surface area is 135 Å². The van der Waals surface area contributed by atoms with Gasteiger partial charge in [0.15, 0.2) is 0 Å². The highest BCUT2D eigenvalue weighted by Gasteiger charge is 2.32. The molecule has 1 unspecified atom stereocenters. The van der Waals surface area contributed by atoms with Gasteiger partial charge in [-0.05, 0) is 47.5 Å². The molecule has 0 fully saturated rings. The first kappa shape index (κ1) is 17.0. The number of rotatable bonds is 5. The molecule has 0 aliphatic carbocycles. The van der Waals surface area contributed by atoms with Crippen molar-refractivity contribution in [1.82, 2.24) is 4.72 Å². The van der Waals surface area contributed by atoms with E-state index in [0.717, 1.165) is 0 Å². The number of halogens is 2. The van der Waals surface area contributed by atoms with Crippen molar-refractivity contribution < 1.29 is 8.42 Å². The number of hydrogen-bond donors (Lipinski definition) is 2. The Hall–Kier alpha value is -0.0200. The van der Waals surface area contributed by atoms with Gasteiger partial charge in [0.1, 0.15) is 0 Å². The van der Waals surface area contributed by atoms with Gasteiger partial charge in [0.25, 0.3) is 0 Å². The highest BCUT2D eigenvalue weighted by atomic mass is 79.9. The summed E-state index contributed by atoms with van der Waals surface area (Å²) in [7, 11) is -3.72. The molecule has 0 amide bonds. The topological polar surface area (TPSA) is 72.2 Å². The minimum Gasteiger partial charge on any atom is -0.392 e. The van der Waals surface area contributed by atoms with E-state index in [4.69, 9.17) is 18.0 Å². The first-order chi connectivity index (χ1) is 8.62. The monoisotopic (exact) mass is 428 g/mol. The molecule has 0 aromatic heterocycles. The normalized spacial score (nSPS) is 14.9. The molecule has 0 bridgehead atoms. The molecular weight excluding hydrogens is 416 g/mol. The Morgan fingerprint density at radius 3 is 2.53 bits per heavy atom. The van der Waals surface area contributed by atoms with Crippen LogP contribution < -0.4 is 10.5 Å². The summed E-state index contributed by atoms with van der Waals surface area (Å²) in [5.74, 6) is 0. The molecule has 1 aromatic rings. The van der Waals surface area contributed by atoms with Gasteiger partial charge >= 0.3 is 0 Å². The van der Waals surface area contributed by atoms with E-state index in [1.54, 1.807) is 19.1 Å². The van der Waals surface area contributed by atoms with E-state index in [1.807, 2.05) is 6.92 Å². The highest BCUT2D eigenvalue weighted by Crippen LogP contribution is 2.27. The van der Waals surface area contributed by atoms with Gasteiger partial charge in [0.05, 0.1) is 15.4 Å². The first-order valence-corrected chi connectivity index (χ1v) is 8.89. The van der Waals surface area contributed by atoms with Crippen LogP contribution in [0.3, 0.4) is 0 Å². The van der Waals surface area contributed by atoms with Gasteiger partial charge in [-0.3, -0.25) is 0 Å². The van der Waals surface area contributed by atoms with Crippen LogP contribution in [-0.2, 0) is 10.0 Å². The molecular formula is C11H14Br2N2O2S2. The van der Waals surface area contributed by atoms with Crippen LogP contribution in [-0.4, -0.2) is 18.9 Å². The lowest BCUT2D eigenvalue weighted by molar-refractivity contribution is 0.511. The molecule has 0 saturated carbocycles. The fourth-order valence-corrected chi connectivity index (χ4v) is 4.55. The lowest BCUT2D eigenvalue weighted by Gasteiger charge is -2.28. The molecule has 3 N–H and O–H groups in total. The summed E-state index contributed by atoms with van der Waals surface area (Å²) < 4.78 is 28.5. The molecule has 1 aromatic carbocycles. The van der Waals surface area contributed by atoms with Gasteiger partial charge < -0.3 is 5.73 Å². The summed E-state index contributed by atoms with van der Waals surface area (Å²) in [6.07, 6.45) is 0.465. The van der Waals surface area contributed by atoms with Crippen LogP contribution >= 0.6 is 44.1 Å². The van der Waals surface area contributed by atoms with Crippen molar-refractivity contribution in [3.05, 3.63) is 27.1 Å². The van der Waals surface area contributed by atoms with Gasteiger partial charge in [-0.15, -0.1) is 0 Å². The minimum absolute atomic E-state index is 0.115. The second kappa shape index (κ2) is 6.17. The van der Waals surface area contributed by atoms with Crippen LogP contribution in [0, 0.1) is 0 Å². The molecule has 106 valence electrons. The SMILES string of the molecule is CCC(C)(NS(=O)(=O)c1cc(Br)ccc1Br)C(N)=S. The molecule has 1 atom stereocenters. The van der Waals surface area contributed by atoms with Crippen LogP contribution in [0.15, 0.2) is 32.0 Å². The van der Waals surface area contributed by atoms with Gasteiger partial charge in [-0.2, -0.15) is 4.72 Å². The Morgan fingerprint density at radius 2 is 2.05 bits per heavy atom. The van der Waals surface area contributed by atoms with Crippen molar-refractivity contribution >= 4 is 59.1 Å². The average molecular weight is 430 g/mol. The van der Waals surface area contributed by atoms with E-state index in [-0.39, 0.29) is 9.88 Å². The van der Waals surface area contributed by atoms with Crippen molar-refractivity contribution in [2.45, 2.75) is 30.7 Å². The predicted octanol–water partition coefficient (Wildman–Crippen LogP) is 2.94. The second-order valence-corrected chi connectivity index (χ2v) is 8.09. The van der Waals surface area contributed by atoms with E-state index < -0.39 is 15.6 Å². The summed E-state index contributed by atoms with van der Waals surface area (Å²) in [6, 6.07) is 4.92. The summed E-state index contributed by atoms with van der Waals surface area (Å²) in [4.78, 5) is 0.252. The number of benzene rings is 1. The van der Waals surface area contributed by atoms with Gasteiger partial charge in [-0.25, -0.2) is 8.42 Å². The zero-order chi connectivity index (χ0) is 14.8. The second-order valence-electron chi connectivity index (χ2n) is 4.23. The lowest BCUT2D eigenvalue weighted by Crippen LogP contribution is -2.53. The Balaban J connectivity index is 3.26. The molecule has 0 aliphatic heterocycles. The van der Waals surface area contributed by atoms with Crippen LogP contribution in [0.4, 0.5) is 0 Å². The lowest BCUT2D eigenvalue weighted by atomic mass is 10.0. The van der Waals surface area contributed by atoms with Gasteiger partial charge in [0.2, 0.25) is 10.0 Å². The fraction of sp³-hybridized carbons (Fsp3) is 0.364. The predicted molar refractivity (Wildman–Crippen MR) is 87.6 cm³/mol. The maximum absolute atomic E-state index is 12.4. The maximum Gasteiger partial charge on any atom is 0.242 e.